The monoisotopic (exact) mass is 534 g/mol. The molecule has 0 amide bonds. The first-order chi connectivity index (χ1) is 17.2. The van der Waals surface area contributed by atoms with Gasteiger partial charge in [0.25, 0.3) is 0 Å². The van der Waals surface area contributed by atoms with E-state index in [1.807, 2.05) is 12.1 Å². The quantitative estimate of drug-likeness (QED) is 0.191. The number of pyridine rings is 2. The van der Waals surface area contributed by atoms with Crippen molar-refractivity contribution in [3.63, 3.8) is 0 Å². The van der Waals surface area contributed by atoms with Crippen LogP contribution in [0.3, 0.4) is 0 Å². The number of rotatable bonds is 0. The third kappa shape index (κ3) is 1.64. The number of nitrogens with zero attached hydrogens (tertiary/aromatic N) is 4. The number of aromatic nitrogens is 4. The Morgan fingerprint density at radius 1 is 1.00 bits per heavy atom. The van der Waals surface area contributed by atoms with E-state index in [2.05, 4.69) is 81.5 Å². The van der Waals surface area contributed by atoms with E-state index in [9.17, 15) is 3.83 Å². The topological polar surface area (TPSA) is 51.9 Å². The van der Waals surface area contributed by atoms with Gasteiger partial charge in [0, 0.05) is 0 Å². The van der Waals surface area contributed by atoms with Gasteiger partial charge in [-0.15, -0.1) is 0 Å². The number of fused-ring (bicyclic) bond motifs is 3. The third-order valence-electron chi connectivity index (χ3n) is 8.35. The van der Waals surface area contributed by atoms with Gasteiger partial charge in [-0.1, -0.05) is 0 Å². The molecule has 1 spiro atoms. The van der Waals surface area contributed by atoms with Crippen molar-refractivity contribution in [2.24, 2.45) is 0 Å². The molecule has 10 rings (SSSR count). The molecular formula is C27H15AlN4O2Se+2. The Balaban J connectivity index is 1.52. The number of hydrogen-bond acceptors (Lipinski definition) is 3. The molecule has 5 aliphatic heterocycles. The first kappa shape index (κ1) is 18.0. The molecule has 0 N–H and O–H groups in total. The van der Waals surface area contributed by atoms with Crippen LogP contribution in [0.15, 0.2) is 72.9 Å². The average Bonchev–Trinajstić information content (AvgIpc) is 3.51. The number of benzene rings is 2. The second-order valence-electron chi connectivity index (χ2n) is 9.85. The predicted molar refractivity (Wildman–Crippen MR) is 129 cm³/mol. The zero-order valence-corrected chi connectivity index (χ0v) is 21.4. The fraction of sp³-hybridized carbons (Fsp3) is 0.0741. The average molecular weight is 533 g/mol. The van der Waals surface area contributed by atoms with Crippen LogP contribution >= 0.6 is 0 Å². The van der Waals surface area contributed by atoms with Crippen LogP contribution in [-0.4, -0.2) is 37.8 Å². The molecule has 5 aliphatic rings. The Labute approximate surface area is 208 Å². The third-order valence-corrected chi connectivity index (χ3v) is 16.0. The van der Waals surface area contributed by atoms with E-state index >= 15 is 0 Å². The first-order valence-electron chi connectivity index (χ1n) is 11.8. The summed E-state index contributed by atoms with van der Waals surface area (Å²) < 4.78 is 33.9. The zero-order chi connectivity index (χ0) is 22.8. The van der Waals surface area contributed by atoms with Gasteiger partial charge < -0.3 is 0 Å². The van der Waals surface area contributed by atoms with Gasteiger partial charge in [-0.05, 0) is 0 Å². The van der Waals surface area contributed by atoms with Gasteiger partial charge >= 0.3 is 209 Å². The summed E-state index contributed by atoms with van der Waals surface area (Å²) >= 11 is -4.28. The van der Waals surface area contributed by atoms with Crippen LogP contribution < -0.4 is 36.2 Å². The molecule has 0 fully saturated rings. The molecule has 6 nitrogen and oxygen atoms in total. The summed E-state index contributed by atoms with van der Waals surface area (Å²) in [5.74, 6) is 0.893. The summed E-state index contributed by atoms with van der Waals surface area (Å²) in [5.41, 5.74) is 6.81. The zero-order valence-electron chi connectivity index (χ0n) is 18.5. The minimum absolute atomic E-state index is 0.755. The Kier molecular flexibility index (Phi) is 2.76. The molecule has 0 radical (unpaired) electrons. The molecule has 8 heteroatoms. The molecule has 3 aromatic heterocycles. The van der Waals surface area contributed by atoms with Crippen molar-refractivity contribution < 1.29 is 17.7 Å². The normalized spacial score (nSPS) is 21.4. The van der Waals surface area contributed by atoms with Crippen LogP contribution in [0.25, 0.3) is 22.5 Å². The molecule has 8 heterocycles. The van der Waals surface area contributed by atoms with Crippen LogP contribution in [0.5, 0.6) is 11.6 Å². The van der Waals surface area contributed by atoms with E-state index in [4.69, 9.17) is 9.84 Å². The van der Waals surface area contributed by atoms with Gasteiger partial charge in [-0.25, -0.2) is 0 Å². The molecule has 0 bridgehead atoms. The molecule has 0 aliphatic carbocycles. The van der Waals surface area contributed by atoms with Crippen LogP contribution in [0.1, 0.15) is 11.3 Å². The maximum absolute atomic E-state index is 14.1. The molecule has 0 saturated carbocycles. The van der Waals surface area contributed by atoms with Crippen molar-refractivity contribution in [1.29, 1.82) is 0 Å². The van der Waals surface area contributed by atoms with Gasteiger partial charge in [-0.2, -0.15) is 0 Å². The molecule has 0 saturated heterocycles. The SMILES string of the molecule is Cc1cc2n(n1)C13c4c(ccc5[c]4[Al]4[c]6c(cccc6[Se]5=O)-c5ccc[n+]1[c]54)Oc1cccc-2[n+]13. The number of hydrogen-bond donors (Lipinski definition) is 0. The van der Waals surface area contributed by atoms with E-state index < -0.39 is 33.8 Å². The Morgan fingerprint density at radius 3 is 2.80 bits per heavy atom. The van der Waals surface area contributed by atoms with E-state index in [-0.39, 0.29) is 0 Å². The number of ether oxygens (including phenoxy) is 1. The summed E-state index contributed by atoms with van der Waals surface area (Å²) in [6.45, 7) is 2.05. The summed E-state index contributed by atoms with van der Waals surface area (Å²) in [6, 6.07) is 23.4. The summed E-state index contributed by atoms with van der Waals surface area (Å²) in [4.78, 5) is 0. The van der Waals surface area contributed by atoms with Crippen LogP contribution in [-0.2, 0) is 9.62 Å². The van der Waals surface area contributed by atoms with Crippen molar-refractivity contribution in [3.8, 4) is 34.1 Å². The van der Waals surface area contributed by atoms with Crippen molar-refractivity contribution in [2.45, 2.75) is 12.7 Å². The van der Waals surface area contributed by atoms with Gasteiger partial charge in [-0.3, -0.25) is 0 Å². The van der Waals surface area contributed by atoms with E-state index in [0.29, 0.717) is 0 Å². The summed E-state index contributed by atoms with van der Waals surface area (Å²) in [6.07, 6.45) is 2.22. The van der Waals surface area contributed by atoms with Crippen molar-refractivity contribution in [2.75, 3.05) is 0 Å². The minimum atomic E-state index is -2.42. The molecule has 162 valence electrons. The Bertz CT molecular complexity index is 1950. The predicted octanol–water partition coefficient (Wildman–Crippen LogP) is -0.733. The standard InChI is InChI=1S/C27H15N4O2Se.Al/c1-17-13-24-23-8-3-9-26-30(23)27(31(24)28-17)22-15-21(10-11-25(22)33-26)34(32)20-7-2-5-18(14-20)19-6-4-12-29(27)16-19;/h2-13H,1H3;/q+2;. The van der Waals surface area contributed by atoms with Gasteiger partial charge in [0.1, 0.15) is 0 Å². The van der Waals surface area contributed by atoms with E-state index in [1.165, 1.54) is 24.5 Å². The second kappa shape index (κ2) is 5.38. The van der Waals surface area contributed by atoms with Crippen molar-refractivity contribution in [3.05, 3.63) is 84.2 Å². The van der Waals surface area contributed by atoms with Crippen LogP contribution in [0, 0.1) is 6.92 Å². The molecular weight excluding hydrogens is 518 g/mol. The van der Waals surface area contributed by atoms with E-state index in [1.54, 1.807) is 0 Å². The summed E-state index contributed by atoms with van der Waals surface area (Å²) in [5, 5.41) is 5.10. The summed E-state index contributed by atoms with van der Waals surface area (Å²) in [7, 11) is 0. The molecule has 35 heavy (non-hydrogen) atoms. The fourth-order valence-corrected chi connectivity index (χ4v) is 16.4. The van der Waals surface area contributed by atoms with E-state index in [0.717, 1.165) is 43.2 Å². The molecule has 2 aromatic carbocycles. The van der Waals surface area contributed by atoms with Crippen LogP contribution in [0.4, 0.5) is 0 Å². The second-order valence-corrected chi connectivity index (χ2v) is 15.4. The van der Waals surface area contributed by atoms with Gasteiger partial charge in [0.15, 0.2) is 0 Å². The number of aryl methyl sites for hydroxylation is 1. The van der Waals surface area contributed by atoms with Gasteiger partial charge in [0.2, 0.25) is 0 Å². The Morgan fingerprint density at radius 2 is 1.86 bits per heavy atom. The van der Waals surface area contributed by atoms with Crippen molar-refractivity contribution >= 4 is 50.3 Å². The van der Waals surface area contributed by atoms with Crippen LogP contribution in [0.2, 0.25) is 0 Å². The fourth-order valence-electron chi connectivity index (χ4n) is 7.31. The van der Waals surface area contributed by atoms with Gasteiger partial charge in [0.05, 0.1) is 0 Å². The molecule has 5 aromatic rings. The Hall–Kier alpha value is -3.40. The van der Waals surface area contributed by atoms with Crippen molar-refractivity contribution in [1.82, 2.24) is 9.78 Å². The first-order valence-corrected chi connectivity index (χ1v) is 15.9. The molecule has 2 unspecified atom stereocenters. The maximum atomic E-state index is 14.1. The molecule has 2 atom stereocenters.